The topological polar surface area (TPSA) is 80.9 Å². The fourth-order valence-corrected chi connectivity index (χ4v) is 2.72. The molecule has 6 nitrogen and oxygen atoms in total. The number of hydrogen-bond acceptors (Lipinski definition) is 4. The summed E-state index contributed by atoms with van der Waals surface area (Å²) in [4.78, 5) is 0. The van der Waals surface area contributed by atoms with Crippen LogP contribution >= 0.6 is 0 Å². The third-order valence-electron chi connectivity index (χ3n) is 2.48. The molecule has 104 valence electrons. The second kappa shape index (κ2) is 4.57. The molecule has 1 heterocycles. The van der Waals surface area contributed by atoms with Crippen LogP contribution in [0.1, 0.15) is 20.8 Å². The summed E-state index contributed by atoms with van der Waals surface area (Å²) in [7, 11) is -3.54. The fourth-order valence-electron chi connectivity index (χ4n) is 1.71. The van der Waals surface area contributed by atoms with Crippen LogP contribution in [-0.4, -0.2) is 20.9 Å². The van der Waals surface area contributed by atoms with Crippen LogP contribution < -0.4 is 20.3 Å². The molecule has 7 heteroatoms. The number of nitrogens with zero attached hydrogens (tertiary/aromatic N) is 2. The molecule has 0 bridgehead atoms. The van der Waals surface area contributed by atoms with Crippen molar-refractivity contribution in [3.63, 3.8) is 0 Å². The lowest BCUT2D eigenvalue weighted by molar-refractivity contribution is 0.198. The van der Waals surface area contributed by atoms with Crippen molar-refractivity contribution in [1.82, 2.24) is 5.84 Å². The van der Waals surface area contributed by atoms with Gasteiger partial charge >= 0.3 is 0 Å². The molecule has 2 rings (SSSR count). The molecule has 2 radical (unpaired) electrons. The zero-order valence-electron chi connectivity index (χ0n) is 11.2. The summed E-state index contributed by atoms with van der Waals surface area (Å²) in [5.41, 5.74) is 0.638. The molecule has 0 unspecified atom stereocenters. The van der Waals surface area contributed by atoms with E-state index in [-0.39, 0.29) is 5.41 Å². The van der Waals surface area contributed by atoms with Crippen LogP contribution in [0, 0.1) is 5.41 Å². The largest absolute Gasteiger partial charge is 0.491 e. The molecular formula is C12H17N3O3S. The van der Waals surface area contributed by atoms with Gasteiger partial charge in [0.25, 0.3) is 10.0 Å². The van der Waals surface area contributed by atoms with E-state index in [0.29, 0.717) is 28.7 Å². The average Bonchev–Trinajstić information content (AvgIpc) is 2.22. The van der Waals surface area contributed by atoms with Crippen molar-refractivity contribution in [3.8, 4) is 5.75 Å². The molecule has 0 spiro atoms. The first-order valence-electron chi connectivity index (χ1n) is 5.91. The normalized spacial score (nSPS) is 17.6. The molecular weight excluding hydrogens is 266 g/mol. The van der Waals surface area contributed by atoms with Gasteiger partial charge in [-0.15, -0.1) is 0 Å². The summed E-state index contributed by atoms with van der Waals surface area (Å²) in [6.07, 6.45) is 0. The minimum Gasteiger partial charge on any atom is -0.491 e. The Kier molecular flexibility index (Phi) is 3.36. The van der Waals surface area contributed by atoms with E-state index in [1.54, 1.807) is 18.2 Å². The van der Waals surface area contributed by atoms with Gasteiger partial charge in [0.05, 0.1) is 12.3 Å². The van der Waals surface area contributed by atoms with Crippen molar-refractivity contribution >= 4 is 21.4 Å². The first kappa shape index (κ1) is 14.0. The SMILES string of the molecule is CC(C)(C)COc1cccc2c1N([N])CS(=O)(=O)N2. The molecule has 1 aliphatic heterocycles. The maximum Gasteiger partial charge on any atom is 0.252 e. The zero-order valence-corrected chi connectivity index (χ0v) is 12.0. The predicted molar refractivity (Wildman–Crippen MR) is 73.4 cm³/mol. The van der Waals surface area contributed by atoms with Crippen LogP contribution in [0.5, 0.6) is 5.75 Å². The Morgan fingerprint density at radius 3 is 2.74 bits per heavy atom. The highest BCUT2D eigenvalue weighted by atomic mass is 32.2. The predicted octanol–water partition coefficient (Wildman–Crippen LogP) is 1.61. The van der Waals surface area contributed by atoms with Gasteiger partial charge in [-0.05, 0) is 23.4 Å². The van der Waals surface area contributed by atoms with Gasteiger partial charge < -0.3 is 4.74 Å². The number of para-hydroxylation sites is 1. The van der Waals surface area contributed by atoms with Crippen molar-refractivity contribution in [1.29, 1.82) is 0 Å². The van der Waals surface area contributed by atoms with Gasteiger partial charge in [0.1, 0.15) is 11.4 Å². The highest BCUT2D eigenvalue weighted by molar-refractivity contribution is 7.92. The number of sulfonamides is 1. The maximum atomic E-state index is 11.5. The van der Waals surface area contributed by atoms with Crippen LogP contribution in [-0.2, 0) is 10.0 Å². The second-order valence-corrected chi connectivity index (χ2v) is 7.44. The van der Waals surface area contributed by atoms with E-state index in [0.717, 1.165) is 0 Å². The lowest BCUT2D eigenvalue weighted by atomic mass is 9.99. The van der Waals surface area contributed by atoms with E-state index in [9.17, 15) is 14.3 Å². The number of rotatable bonds is 2. The Morgan fingerprint density at radius 2 is 2.11 bits per heavy atom. The monoisotopic (exact) mass is 283 g/mol. The first-order chi connectivity index (χ1) is 8.68. The van der Waals surface area contributed by atoms with E-state index in [1.807, 2.05) is 20.8 Å². The Balaban J connectivity index is 2.33. The molecule has 0 fully saturated rings. The lowest BCUT2D eigenvalue weighted by Crippen LogP contribution is -2.37. The van der Waals surface area contributed by atoms with E-state index in [4.69, 9.17) is 4.74 Å². The Morgan fingerprint density at radius 1 is 1.42 bits per heavy atom. The molecule has 0 atom stereocenters. The highest BCUT2D eigenvalue weighted by Gasteiger charge is 2.29. The Bertz CT molecular complexity index is 578. The molecule has 1 aliphatic rings. The molecule has 1 N–H and O–H groups in total. The number of ether oxygens (including phenoxy) is 1. The van der Waals surface area contributed by atoms with Gasteiger partial charge in [0, 0.05) is 0 Å². The van der Waals surface area contributed by atoms with Gasteiger partial charge in [-0.3, -0.25) is 4.72 Å². The number of benzene rings is 1. The summed E-state index contributed by atoms with van der Waals surface area (Å²) >= 11 is 0. The van der Waals surface area contributed by atoms with Gasteiger partial charge in [0.15, 0.2) is 5.88 Å². The summed E-state index contributed by atoms with van der Waals surface area (Å²) < 4.78 is 31.1. The van der Waals surface area contributed by atoms with Crippen LogP contribution in [0.25, 0.3) is 0 Å². The van der Waals surface area contributed by atoms with Crippen LogP contribution in [0.4, 0.5) is 11.4 Å². The Hall–Kier alpha value is -1.47. The summed E-state index contributed by atoms with van der Waals surface area (Å²) in [6.45, 7) is 6.55. The number of nitrogens with one attached hydrogen (secondary N) is 1. The molecule has 0 aliphatic carbocycles. The molecule has 19 heavy (non-hydrogen) atoms. The van der Waals surface area contributed by atoms with Gasteiger partial charge in [0.2, 0.25) is 0 Å². The minimum atomic E-state index is -3.54. The smallest absolute Gasteiger partial charge is 0.252 e. The Labute approximate surface area is 113 Å². The molecule has 0 saturated carbocycles. The average molecular weight is 283 g/mol. The summed E-state index contributed by atoms with van der Waals surface area (Å²) in [5, 5.41) is 0.694. The second-order valence-electron chi connectivity index (χ2n) is 5.75. The van der Waals surface area contributed by atoms with Crippen molar-refractivity contribution in [2.75, 3.05) is 22.2 Å². The third-order valence-corrected chi connectivity index (χ3v) is 3.59. The summed E-state index contributed by atoms with van der Waals surface area (Å²) in [6, 6.07) is 4.96. The van der Waals surface area contributed by atoms with Gasteiger partial charge in [-0.2, -0.15) is 0 Å². The molecule has 0 saturated heterocycles. The molecule has 1 aromatic rings. The number of anilines is 2. The van der Waals surface area contributed by atoms with Gasteiger partial charge in [-0.1, -0.05) is 26.8 Å². The maximum absolute atomic E-state index is 11.5. The van der Waals surface area contributed by atoms with E-state index in [1.165, 1.54) is 0 Å². The highest BCUT2D eigenvalue weighted by Crippen LogP contribution is 2.39. The van der Waals surface area contributed by atoms with Crippen molar-refractivity contribution in [2.24, 2.45) is 5.41 Å². The number of fused-ring (bicyclic) bond motifs is 1. The first-order valence-corrected chi connectivity index (χ1v) is 7.56. The van der Waals surface area contributed by atoms with E-state index < -0.39 is 15.9 Å². The molecule has 0 aromatic heterocycles. The van der Waals surface area contributed by atoms with Gasteiger partial charge in [-0.25, -0.2) is 13.4 Å². The van der Waals surface area contributed by atoms with Crippen LogP contribution in [0.3, 0.4) is 0 Å². The van der Waals surface area contributed by atoms with E-state index in [2.05, 4.69) is 4.72 Å². The quantitative estimate of drug-likeness (QED) is 0.894. The van der Waals surface area contributed by atoms with Crippen molar-refractivity contribution in [3.05, 3.63) is 18.2 Å². The molecule has 1 aromatic carbocycles. The van der Waals surface area contributed by atoms with E-state index >= 15 is 0 Å². The molecule has 0 amide bonds. The standard InChI is InChI=1S/C12H17N3O3S/c1-12(2,3)7-18-10-6-4-5-9-11(10)15(13)8-19(16,17)14-9/h4-6,14H,7-8H2,1-3H3. The lowest BCUT2D eigenvalue weighted by Gasteiger charge is -2.28. The minimum absolute atomic E-state index is 0.0306. The number of hydrogen-bond donors (Lipinski definition) is 1. The van der Waals surface area contributed by atoms with Crippen LogP contribution in [0.15, 0.2) is 18.2 Å². The summed E-state index contributed by atoms with van der Waals surface area (Å²) in [5.74, 6) is 9.79. The fraction of sp³-hybridized carbons (Fsp3) is 0.500. The van der Waals surface area contributed by atoms with Crippen LogP contribution in [0.2, 0.25) is 0 Å². The van der Waals surface area contributed by atoms with Crippen molar-refractivity contribution < 1.29 is 13.2 Å². The van der Waals surface area contributed by atoms with Crippen molar-refractivity contribution in [2.45, 2.75) is 20.8 Å². The third kappa shape index (κ3) is 3.30. The zero-order chi connectivity index (χ0) is 14.3.